The molecule has 0 radical (unpaired) electrons. The molecule has 0 fully saturated rings. The molecule has 3 aromatic rings. The average molecular weight is 350 g/mol. The molecule has 8 nitrogen and oxygen atoms in total. The third-order valence-corrected chi connectivity index (χ3v) is 4.35. The second kappa shape index (κ2) is 5.99. The van der Waals surface area contributed by atoms with E-state index < -0.39 is 11.0 Å². The SMILES string of the molecule is COc1cccc(-c2n[nH]c3c2[C@@H](c2cccc([N+](=O)[O-])c2)NC3=O)c1. The first-order chi connectivity index (χ1) is 12.6. The van der Waals surface area contributed by atoms with Crippen LogP contribution in [0.5, 0.6) is 5.75 Å². The molecule has 1 amide bonds. The first-order valence-corrected chi connectivity index (χ1v) is 7.86. The quantitative estimate of drug-likeness (QED) is 0.555. The lowest BCUT2D eigenvalue weighted by Gasteiger charge is -2.13. The zero-order valence-electron chi connectivity index (χ0n) is 13.7. The lowest BCUT2D eigenvalue weighted by Crippen LogP contribution is -2.21. The number of nitro benzene ring substituents is 1. The molecule has 0 bridgehead atoms. The second-order valence-electron chi connectivity index (χ2n) is 5.85. The summed E-state index contributed by atoms with van der Waals surface area (Å²) >= 11 is 0. The number of ether oxygens (including phenoxy) is 1. The summed E-state index contributed by atoms with van der Waals surface area (Å²) in [7, 11) is 1.57. The summed E-state index contributed by atoms with van der Waals surface area (Å²) in [5.41, 5.74) is 3.01. The molecule has 2 N–H and O–H groups in total. The number of aromatic nitrogens is 2. The van der Waals surface area contributed by atoms with E-state index in [0.717, 1.165) is 5.56 Å². The molecule has 130 valence electrons. The van der Waals surface area contributed by atoms with E-state index in [1.165, 1.54) is 12.1 Å². The van der Waals surface area contributed by atoms with Crippen molar-refractivity contribution in [3.8, 4) is 17.0 Å². The summed E-state index contributed by atoms with van der Waals surface area (Å²) in [6, 6.07) is 13.0. The van der Waals surface area contributed by atoms with E-state index in [9.17, 15) is 14.9 Å². The molecule has 4 rings (SSSR count). The van der Waals surface area contributed by atoms with Crippen molar-refractivity contribution in [2.24, 2.45) is 0 Å². The predicted octanol–water partition coefficient (Wildman–Crippen LogP) is 2.83. The number of aromatic amines is 1. The Bertz CT molecular complexity index is 1030. The number of carbonyl (C=O) groups excluding carboxylic acids is 1. The van der Waals surface area contributed by atoms with Gasteiger partial charge >= 0.3 is 0 Å². The number of hydrogen-bond acceptors (Lipinski definition) is 5. The van der Waals surface area contributed by atoms with Gasteiger partial charge in [0.2, 0.25) is 0 Å². The van der Waals surface area contributed by atoms with Gasteiger partial charge in [0.05, 0.1) is 23.8 Å². The number of nitro groups is 1. The fraction of sp³-hybridized carbons (Fsp3) is 0.111. The predicted molar refractivity (Wildman–Crippen MR) is 93.0 cm³/mol. The van der Waals surface area contributed by atoms with Gasteiger partial charge in [-0.2, -0.15) is 5.10 Å². The molecule has 1 atom stereocenters. The van der Waals surface area contributed by atoms with Gasteiger partial charge in [0.1, 0.15) is 11.4 Å². The molecule has 1 aromatic heterocycles. The van der Waals surface area contributed by atoms with Crippen molar-refractivity contribution in [1.29, 1.82) is 0 Å². The van der Waals surface area contributed by atoms with Crippen molar-refractivity contribution in [1.82, 2.24) is 15.5 Å². The minimum absolute atomic E-state index is 0.0309. The van der Waals surface area contributed by atoms with Gasteiger partial charge in [-0.25, -0.2) is 0 Å². The third kappa shape index (κ3) is 2.48. The van der Waals surface area contributed by atoms with Crippen molar-refractivity contribution in [3.05, 3.63) is 75.5 Å². The van der Waals surface area contributed by atoms with E-state index in [4.69, 9.17) is 4.74 Å². The van der Waals surface area contributed by atoms with Crippen LogP contribution >= 0.6 is 0 Å². The molecule has 0 saturated heterocycles. The molecule has 0 unspecified atom stereocenters. The minimum atomic E-state index is -0.516. The van der Waals surface area contributed by atoms with Gasteiger partial charge in [-0.05, 0) is 17.7 Å². The highest BCUT2D eigenvalue weighted by molar-refractivity contribution is 6.00. The number of rotatable bonds is 4. The van der Waals surface area contributed by atoms with Gasteiger partial charge in [-0.3, -0.25) is 20.0 Å². The maximum absolute atomic E-state index is 12.3. The van der Waals surface area contributed by atoms with E-state index in [-0.39, 0.29) is 11.6 Å². The third-order valence-electron chi connectivity index (χ3n) is 4.35. The van der Waals surface area contributed by atoms with Crippen LogP contribution in [-0.2, 0) is 0 Å². The van der Waals surface area contributed by atoms with Crippen LogP contribution in [0.15, 0.2) is 48.5 Å². The number of fused-ring (bicyclic) bond motifs is 1. The Morgan fingerprint density at radius 1 is 1.19 bits per heavy atom. The number of non-ortho nitro benzene ring substituents is 1. The normalized spacial score (nSPS) is 15.4. The standard InChI is InChI=1S/C18H14N4O4/c1-26-13-7-3-5-11(9-13)16-14-15(19-18(23)17(14)21-20-16)10-4-2-6-12(8-10)22(24)25/h2-9,15H,1H3,(H,19,23)(H,20,21)/t15-/m1/s1. The largest absolute Gasteiger partial charge is 0.497 e. The summed E-state index contributed by atoms with van der Waals surface area (Å²) in [6.45, 7) is 0. The van der Waals surface area contributed by atoms with Gasteiger partial charge in [0.25, 0.3) is 11.6 Å². The molecule has 8 heteroatoms. The first-order valence-electron chi connectivity index (χ1n) is 7.86. The van der Waals surface area contributed by atoms with Crippen molar-refractivity contribution < 1.29 is 14.5 Å². The van der Waals surface area contributed by atoms with Crippen LogP contribution in [0.1, 0.15) is 27.7 Å². The summed E-state index contributed by atoms with van der Waals surface area (Å²) in [5, 5.41) is 21.0. The van der Waals surface area contributed by atoms with E-state index in [1.54, 1.807) is 19.2 Å². The highest BCUT2D eigenvalue weighted by Gasteiger charge is 2.36. The van der Waals surface area contributed by atoms with Crippen LogP contribution in [0.25, 0.3) is 11.3 Å². The van der Waals surface area contributed by atoms with Gasteiger partial charge < -0.3 is 10.1 Å². The Hall–Kier alpha value is -3.68. The van der Waals surface area contributed by atoms with Crippen LogP contribution in [0.2, 0.25) is 0 Å². The van der Waals surface area contributed by atoms with Gasteiger partial charge in [0, 0.05) is 23.3 Å². The lowest BCUT2D eigenvalue weighted by molar-refractivity contribution is -0.384. The van der Waals surface area contributed by atoms with E-state index >= 15 is 0 Å². The zero-order valence-corrected chi connectivity index (χ0v) is 13.7. The highest BCUT2D eigenvalue weighted by Crippen LogP contribution is 2.38. The second-order valence-corrected chi connectivity index (χ2v) is 5.85. The molecule has 0 saturated carbocycles. The molecule has 1 aliphatic rings. The summed E-state index contributed by atoms with van der Waals surface area (Å²) < 4.78 is 5.25. The monoisotopic (exact) mass is 350 g/mol. The molecule has 26 heavy (non-hydrogen) atoms. The van der Waals surface area contributed by atoms with Crippen LogP contribution in [0, 0.1) is 10.1 Å². The lowest BCUT2D eigenvalue weighted by atomic mass is 9.96. The Kier molecular flexibility index (Phi) is 3.65. The minimum Gasteiger partial charge on any atom is -0.497 e. The van der Waals surface area contributed by atoms with Crippen LogP contribution in [0.3, 0.4) is 0 Å². The number of methoxy groups -OCH3 is 1. The Morgan fingerprint density at radius 2 is 2.00 bits per heavy atom. The van der Waals surface area contributed by atoms with Crippen molar-refractivity contribution >= 4 is 11.6 Å². The molecule has 1 aliphatic heterocycles. The molecule has 0 spiro atoms. The van der Waals surface area contributed by atoms with Crippen LogP contribution < -0.4 is 10.1 Å². The fourth-order valence-corrected chi connectivity index (χ4v) is 3.14. The molecular formula is C18H14N4O4. The zero-order chi connectivity index (χ0) is 18.3. The van der Waals surface area contributed by atoms with Crippen molar-refractivity contribution in [2.75, 3.05) is 7.11 Å². The topological polar surface area (TPSA) is 110 Å². The number of benzene rings is 2. The van der Waals surface area contributed by atoms with E-state index in [0.29, 0.717) is 28.3 Å². The number of hydrogen-bond donors (Lipinski definition) is 2. The first kappa shape index (κ1) is 15.8. The van der Waals surface area contributed by atoms with Crippen molar-refractivity contribution in [2.45, 2.75) is 6.04 Å². The summed E-state index contributed by atoms with van der Waals surface area (Å²) in [5.74, 6) is 0.376. The average Bonchev–Trinajstić information content (AvgIpc) is 3.23. The van der Waals surface area contributed by atoms with Crippen LogP contribution in [0.4, 0.5) is 5.69 Å². The molecule has 2 aromatic carbocycles. The maximum atomic E-state index is 12.3. The maximum Gasteiger partial charge on any atom is 0.270 e. The molecule has 0 aliphatic carbocycles. The van der Waals surface area contributed by atoms with Gasteiger partial charge in [-0.15, -0.1) is 0 Å². The number of H-pyrrole nitrogens is 1. The summed E-state index contributed by atoms with van der Waals surface area (Å²) in [6.07, 6.45) is 0. The smallest absolute Gasteiger partial charge is 0.270 e. The Morgan fingerprint density at radius 3 is 2.77 bits per heavy atom. The van der Waals surface area contributed by atoms with Gasteiger partial charge in [0.15, 0.2) is 0 Å². The number of nitrogens with one attached hydrogen (secondary N) is 2. The summed E-state index contributed by atoms with van der Waals surface area (Å²) in [4.78, 5) is 22.9. The number of nitrogens with zero attached hydrogens (tertiary/aromatic N) is 2. The van der Waals surface area contributed by atoms with Gasteiger partial charge in [-0.1, -0.05) is 24.3 Å². The Balaban J connectivity index is 1.84. The Labute approximate surface area is 148 Å². The van der Waals surface area contributed by atoms with E-state index in [1.807, 2.05) is 24.3 Å². The number of carbonyl (C=O) groups is 1. The van der Waals surface area contributed by atoms with Crippen molar-refractivity contribution in [3.63, 3.8) is 0 Å². The highest BCUT2D eigenvalue weighted by atomic mass is 16.6. The fourth-order valence-electron chi connectivity index (χ4n) is 3.14. The van der Waals surface area contributed by atoms with E-state index in [2.05, 4.69) is 15.5 Å². The number of amides is 1. The molecule has 2 heterocycles. The molecular weight excluding hydrogens is 336 g/mol. The van der Waals surface area contributed by atoms with Crippen LogP contribution in [-0.4, -0.2) is 28.1 Å².